The Bertz CT molecular complexity index is 489. The fourth-order valence-corrected chi connectivity index (χ4v) is 2.59. The summed E-state index contributed by atoms with van der Waals surface area (Å²) < 4.78 is 10.3. The van der Waals surface area contributed by atoms with Crippen molar-refractivity contribution in [2.75, 3.05) is 7.11 Å². The molecule has 2 rings (SSSR count). The van der Waals surface area contributed by atoms with Crippen molar-refractivity contribution in [1.82, 2.24) is 0 Å². The molecule has 0 bridgehead atoms. The summed E-state index contributed by atoms with van der Waals surface area (Å²) in [4.78, 5) is 11.6. The number of hydrogen-bond acceptors (Lipinski definition) is 3. The molecule has 3 nitrogen and oxygen atoms in total. The van der Waals surface area contributed by atoms with E-state index in [9.17, 15) is 4.79 Å². The third kappa shape index (κ3) is 1.73. The summed E-state index contributed by atoms with van der Waals surface area (Å²) in [5, 5.41) is 1.02. The van der Waals surface area contributed by atoms with Crippen LogP contribution in [0.3, 0.4) is 0 Å². The number of rotatable bonds is 2. The molecule has 17 heavy (non-hydrogen) atoms. The molecule has 1 aromatic rings. The predicted octanol–water partition coefficient (Wildman–Crippen LogP) is 3.17. The molecule has 92 valence electrons. The predicted molar refractivity (Wildman–Crippen MR) is 65.3 cm³/mol. The molecule has 1 aromatic carbocycles. The van der Waals surface area contributed by atoms with Gasteiger partial charge in [-0.1, -0.05) is 29.3 Å². The maximum absolute atomic E-state index is 11.6. The van der Waals surface area contributed by atoms with Gasteiger partial charge in [-0.05, 0) is 26.0 Å². The summed E-state index contributed by atoms with van der Waals surface area (Å²) in [6.07, 6.45) is 0. The van der Waals surface area contributed by atoms with Gasteiger partial charge in [-0.3, -0.25) is 0 Å². The summed E-state index contributed by atoms with van der Waals surface area (Å²) in [5.74, 6) is -0.411. The lowest BCUT2D eigenvalue weighted by Crippen LogP contribution is -2.29. The van der Waals surface area contributed by atoms with Crippen LogP contribution in [0.2, 0.25) is 10.0 Å². The number of methoxy groups -OCH3 is 1. The lowest BCUT2D eigenvalue weighted by molar-refractivity contribution is -0.146. The molecule has 0 aliphatic carbocycles. The first-order valence-corrected chi connectivity index (χ1v) is 5.85. The van der Waals surface area contributed by atoms with E-state index < -0.39 is 17.2 Å². The molecule has 1 aliphatic rings. The van der Waals surface area contributed by atoms with E-state index in [0.29, 0.717) is 10.0 Å². The van der Waals surface area contributed by atoms with Gasteiger partial charge in [-0.2, -0.15) is 0 Å². The molecule has 0 radical (unpaired) electrons. The zero-order valence-corrected chi connectivity index (χ0v) is 11.2. The molecule has 0 saturated carbocycles. The highest BCUT2D eigenvalue weighted by molar-refractivity contribution is 6.35. The first-order chi connectivity index (χ1) is 7.85. The van der Waals surface area contributed by atoms with Gasteiger partial charge in [0, 0.05) is 15.6 Å². The molecule has 1 saturated heterocycles. The molecule has 0 aromatic heterocycles. The van der Waals surface area contributed by atoms with Gasteiger partial charge >= 0.3 is 5.97 Å². The van der Waals surface area contributed by atoms with Crippen LogP contribution in [0.25, 0.3) is 0 Å². The largest absolute Gasteiger partial charge is 0.467 e. The normalized spacial score (nSPS) is 31.1. The minimum atomic E-state index is -0.987. The van der Waals surface area contributed by atoms with E-state index in [2.05, 4.69) is 0 Å². The van der Waals surface area contributed by atoms with Crippen molar-refractivity contribution in [3.05, 3.63) is 33.8 Å². The Morgan fingerprint density at radius 1 is 1.35 bits per heavy atom. The van der Waals surface area contributed by atoms with E-state index in [1.54, 1.807) is 32.0 Å². The number of hydrogen-bond donors (Lipinski definition) is 0. The van der Waals surface area contributed by atoms with Gasteiger partial charge in [0.1, 0.15) is 5.60 Å². The second kappa shape index (κ2) is 3.87. The van der Waals surface area contributed by atoms with Crippen LogP contribution in [0.5, 0.6) is 0 Å². The molecule has 2 atom stereocenters. The van der Waals surface area contributed by atoms with Crippen molar-refractivity contribution in [3.8, 4) is 0 Å². The zero-order valence-electron chi connectivity index (χ0n) is 9.71. The van der Waals surface area contributed by atoms with E-state index in [-0.39, 0.29) is 0 Å². The molecule has 1 fully saturated rings. The van der Waals surface area contributed by atoms with Gasteiger partial charge in [0.05, 0.1) is 7.11 Å². The summed E-state index contributed by atoms with van der Waals surface area (Å²) in [6, 6.07) is 5.11. The number of ether oxygens (including phenoxy) is 2. The Kier molecular flexibility index (Phi) is 2.89. The topological polar surface area (TPSA) is 38.8 Å². The smallest absolute Gasteiger partial charge is 0.341 e. The molecule has 1 aliphatic heterocycles. The fraction of sp³-hybridized carbons (Fsp3) is 0.417. The molecular formula is C12H12Cl2O3. The summed E-state index contributed by atoms with van der Waals surface area (Å²) in [5.41, 5.74) is -1.02. The van der Waals surface area contributed by atoms with Crippen molar-refractivity contribution in [1.29, 1.82) is 0 Å². The fourth-order valence-electron chi connectivity index (χ4n) is 2.00. The van der Waals surface area contributed by atoms with Crippen LogP contribution in [0.4, 0.5) is 0 Å². The summed E-state index contributed by atoms with van der Waals surface area (Å²) in [7, 11) is 1.33. The minimum Gasteiger partial charge on any atom is -0.467 e. The lowest BCUT2D eigenvalue weighted by Gasteiger charge is -2.13. The lowest BCUT2D eigenvalue weighted by atomic mass is 9.89. The molecule has 5 heteroatoms. The highest BCUT2D eigenvalue weighted by Crippen LogP contribution is 2.57. The monoisotopic (exact) mass is 274 g/mol. The van der Waals surface area contributed by atoms with Gasteiger partial charge < -0.3 is 9.47 Å². The second-order valence-corrected chi connectivity index (χ2v) is 5.13. The number of carbonyl (C=O) groups excluding carboxylic acids is 1. The highest BCUT2D eigenvalue weighted by atomic mass is 35.5. The van der Waals surface area contributed by atoms with Crippen molar-refractivity contribution in [2.45, 2.75) is 25.0 Å². The van der Waals surface area contributed by atoms with Crippen molar-refractivity contribution >= 4 is 29.2 Å². The van der Waals surface area contributed by atoms with E-state index in [0.717, 1.165) is 5.56 Å². The first-order valence-electron chi connectivity index (χ1n) is 5.09. The number of esters is 1. The van der Waals surface area contributed by atoms with Crippen molar-refractivity contribution in [3.63, 3.8) is 0 Å². The van der Waals surface area contributed by atoms with E-state index >= 15 is 0 Å². The van der Waals surface area contributed by atoms with Crippen LogP contribution in [0.15, 0.2) is 18.2 Å². The molecule has 0 spiro atoms. The maximum atomic E-state index is 11.6. The van der Waals surface area contributed by atoms with Crippen molar-refractivity contribution in [2.24, 2.45) is 0 Å². The number of benzene rings is 1. The van der Waals surface area contributed by atoms with E-state index in [1.165, 1.54) is 7.11 Å². The van der Waals surface area contributed by atoms with Crippen LogP contribution in [0.1, 0.15) is 19.4 Å². The standard InChI is InChI=1S/C12H12Cl2O3/c1-11(12(2,17-11)10(15)16-3)8-5-4-7(13)6-9(8)14/h4-6H,1-3H3. The van der Waals surface area contributed by atoms with Crippen molar-refractivity contribution < 1.29 is 14.3 Å². The van der Waals surface area contributed by atoms with Gasteiger partial charge in [0.2, 0.25) is 0 Å². The number of carbonyl (C=O) groups is 1. The van der Waals surface area contributed by atoms with Crippen LogP contribution in [-0.4, -0.2) is 18.7 Å². The maximum Gasteiger partial charge on any atom is 0.341 e. The summed E-state index contributed by atoms with van der Waals surface area (Å²) >= 11 is 11.9. The Balaban J connectivity index is 2.40. The molecular weight excluding hydrogens is 263 g/mol. The number of epoxide rings is 1. The van der Waals surface area contributed by atoms with Gasteiger partial charge in [-0.15, -0.1) is 0 Å². The summed E-state index contributed by atoms with van der Waals surface area (Å²) in [6.45, 7) is 3.49. The minimum absolute atomic E-state index is 0.411. The molecule has 0 amide bonds. The third-order valence-electron chi connectivity index (χ3n) is 3.30. The molecule has 2 unspecified atom stereocenters. The van der Waals surface area contributed by atoms with E-state index in [4.69, 9.17) is 32.7 Å². The first kappa shape index (κ1) is 12.7. The van der Waals surface area contributed by atoms with Gasteiger partial charge in [-0.25, -0.2) is 4.79 Å². The van der Waals surface area contributed by atoms with E-state index in [1.807, 2.05) is 0 Å². The van der Waals surface area contributed by atoms with Crippen LogP contribution in [0, 0.1) is 0 Å². The van der Waals surface area contributed by atoms with Gasteiger partial charge in [0.15, 0.2) is 5.60 Å². The van der Waals surface area contributed by atoms with Gasteiger partial charge in [0.25, 0.3) is 0 Å². The molecule has 0 N–H and O–H groups in total. The Morgan fingerprint density at radius 2 is 2.00 bits per heavy atom. The Hall–Kier alpha value is -0.770. The SMILES string of the molecule is COC(=O)C1(C)OC1(C)c1ccc(Cl)cc1Cl. The zero-order chi connectivity index (χ0) is 12.8. The second-order valence-electron chi connectivity index (χ2n) is 4.28. The number of halogens is 2. The Labute approximate surface area is 110 Å². The van der Waals surface area contributed by atoms with Crippen LogP contribution in [-0.2, 0) is 19.9 Å². The van der Waals surface area contributed by atoms with Crippen LogP contribution < -0.4 is 0 Å². The average molecular weight is 275 g/mol. The third-order valence-corrected chi connectivity index (χ3v) is 3.84. The average Bonchev–Trinajstić information content (AvgIpc) is 2.82. The quantitative estimate of drug-likeness (QED) is 0.614. The molecule has 1 heterocycles. The highest BCUT2D eigenvalue weighted by Gasteiger charge is 2.71. The Morgan fingerprint density at radius 3 is 2.53 bits per heavy atom. The van der Waals surface area contributed by atoms with Crippen LogP contribution >= 0.6 is 23.2 Å².